The van der Waals surface area contributed by atoms with Crippen molar-refractivity contribution in [3.8, 4) is 23.1 Å². The third kappa shape index (κ3) is 3.36. The fourth-order valence-electron chi connectivity index (χ4n) is 1.83. The van der Waals surface area contributed by atoms with Gasteiger partial charge in [-0.3, -0.25) is 4.98 Å². The van der Waals surface area contributed by atoms with E-state index in [-0.39, 0.29) is 0 Å². The van der Waals surface area contributed by atoms with Crippen LogP contribution in [0, 0.1) is 6.92 Å². The van der Waals surface area contributed by atoms with E-state index in [1.165, 1.54) is 0 Å². The maximum atomic E-state index is 5.77. The summed E-state index contributed by atoms with van der Waals surface area (Å²) < 4.78 is 11.5. The molecule has 0 aliphatic heterocycles. The number of ether oxygens (including phenoxy) is 2. The van der Waals surface area contributed by atoms with Gasteiger partial charge in [-0.15, -0.1) is 0 Å². The molecule has 1 aromatic heterocycles. The van der Waals surface area contributed by atoms with Gasteiger partial charge in [0.1, 0.15) is 17.2 Å². The van der Waals surface area contributed by atoms with Crippen molar-refractivity contribution in [1.82, 2.24) is 9.97 Å². The first kappa shape index (κ1) is 13.1. The molecule has 4 nitrogen and oxygen atoms in total. The normalized spacial score (nSPS) is 10.1. The average molecular weight is 278 g/mol. The molecule has 0 amide bonds. The monoisotopic (exact) mass is 278 g/mol. The minimum absolute atomic E-state index is 0.495. The Bertz CT molecular complexity index is 730. The molecule has 0 saturated carbocycles. The van der Waals surface area contributed by atoms with Gasteiger partial charge in [-0.2, -0.15) is 0 Å². The molecular weight excluding hydrogens is 264 g/mol. The lowest BCUT2D eigenvalue weighted by atomic mass is 10.3. The maximum absolute atomic E-state index is 5.77. The molecule has 0 aliphatic rings. The minimum atomic E-state index is 0.495. The van der Waals surface area contributed by atoms with E-state index in [9.17, 15) is 0 Å². The lowest BCUT2D eigenvalue weighted by molar-refractivity contribution is 0.444. The van der Waals surface area contributed by atoms with Crippen molar-refractivity contribution >= 4 is 0 Å². The zero-order valence-corrected chi connectivity index (χ0v) is 11.6. The largest absolute Gasteiger partial charge is 0.457 e. The number of aryl methyl sites for hydroxylation is 1. The third-order valence-electron chi connectivity index (χ3n) is 2.84. The van der Waals surface area contributed by atoms with Crippen LogP contribution in [0.4, 0.5) is 0 Å². The van der Waals surface area contributed by atoms with E-state index in [0.29, 0.717) is 17.4 Å². The Balaban J connectivity index is 1.79. The highest BCUT2D eigenvalue weighted by Crippen LogP contribution is 2.28. The predicted molar refractivity (Wildman–Crippen MR) is 79.8 cm³/mol. The van der Waals surface area contributed by atoms with E-state index in [1.54, 1.807) is 12.4 Å². The highest BCUT2D eigenvalue weighted by Gasteiger charge is 2.05. The van der Waals surface area contributed by atoms with E-state index < -0.39 is 0 Å². The highest BCUT2D eigenvalue weighted by molar-refractivity contribution is 5.38. The van der Waals surface area contributed by atoms with Gasteiger partial charge in [0.05, 0.1) is 5.69 Å². The summed E-state index contributed by atoms with van der Waals surface area (Å²) in [5.74, 6) is 2.65. The SMILES string of the molecule is Cc1nccnc1Oc1cccc(Oc2ccccc2)c1. The quantitative estimate of drug-likeness (QED) is 0.710. The number of rotatable bonds is 4. The molecule has 0 N–H and O–H groups in total. The van der Waals surface area contributed by atoms with Crippen LogP contribution in [-0.2, 0) is 0 Å². The second-order valence-electron chi connectivity index (χ2n) is 4.44. The zero-order chi connectivity index (χ0) is 14.5. The standard InChI is InChI=1S/C17H14N2O2/c1-13-17(19-11-10-18-13)21-16-9-5-8-15(12-16)20-14-6-3-2-4-7-14/h2-12H,1H3. The van der Waals surface area contributed by atoms with Gasteiger partial charge >= 0.3 is 0 Å². The van der Waals surface area contributed by atoms with E-state index in [0.717, 1.165) is 11.4 Å². The van der Waals surface area contributed by atoms with Crippen molar-refractivity contribution in [3.05, 3.63) is 72.7 Å². The molecule has 0 aliphatic carbocycles. The molecule has 0 radical (unpaired) electrons. The summed E-state index contributed by atoms with van der Waals surface area (Å²) in [4.78, 5) is 8.31. The summed E-state index contributed by atoms with van der Waals surface area (Å²) in [7, 11) is 0. The Labute approximate surface area is 123 Å². The van der Waals surface area contributed by atoms with Crippen molar-refractivity contribution in [2.75, 3.05) is 0 Å². The van der Waals surface area contributed by atoms with Gasteiger partial charge in [-0.25, -0.2) is 4.98 Å². The van der Waals surface area contributed by atoms with Crippen LogP contribution in [0.3, 0.4) is 0 Å². The van der Waals surface area contributed by atoms with Gasteiger partial charge in [0, 0.05) is 18.5 Å². The maximum Gasteiger partial charge on any atom is 0.240 e. The molecule has 0 bridgehead atoms. The summed E-state index contributed by atoms with van der Waals surface area (Å²) in [5.41, 5.74) is 0.742. The molecule has 0 unspecified atom stereocenters. The van der Waals surface area contributed by atoms with E-state index >= 15 is 0 Å². The molecule has 0 fully saturated rings. The fraction of sp³-hybridized carbons (Fsp3) is 0.0588. The van der Waals surface area contributed by atoms with Gasteiger partial charge < -0.3 is 9.47 Å². The summed E-state index contributed by atoms with van der Waals surface area (Å²) in [5, 5.41) is 0. The molecule has 0 spiro atoms. The molecule has 21 heavy (non-hydrogen) atoms. The van der Waals surface area contributed by atoms with Gasteiger partial charge in [-0.05, 0) is 31.2 Å². The van der Waals surface area contributed by atoms with Gasteiger partial charge in [0.15, 0.2) is 0 Å². The highest BCUT2D eigenvalue weighted by atomic mass is 16.5. The number of aromatic nitrogens is 2. The topological polar surface area (TPSA) is 44.2 Å². The van der Waals surface area contributed by atoms with Crippen LogP contribution < -0.4 is 9.47 Å². The number of hydrogen-bond donors (Lipinski definition) is 0. The Morgan fingerprint density at radius 2 is 1.38 bits per heavy atom. The van der Waals surface area contributed by atoms with Crippen molar-refractivity contribution in [1.29, 1.82) is 0 Å². The smallest absolute Gasteiger partial charge is 0.240 e. The molecule has 104 valence electrons. The molecular formula is C17H14N2O2. The van der Waals surface area contributed by atoms with E-state index in [4.69, 9.17) is 9.47 Å². The van der Waals surface area contributed by atoms with Crippen LogP contribution in [0.15, 0.2) is 67.0 Å². The van der Waals surface area contributed by atoms with Crippen LogP contribution in [0.1, 0.15) is 5.69 Å². The number of para-hydroxylation sites is 1. The number of nitrogens with zero attached hydrogens (tertiary/aromatic N) is 2. The second kappa shape index (κ2) is 6.05. The molecule has 3 aromatic rings. The van der Waals surface area contributed by atoms with Crippen LogP contribution >= 0.6 is 0 Å². The average Bonchev–Trinajstić information content (AvgIpc) is 2.51. The first-order chi connectivity index (χ1) is 10.3. The lowest BCUT2D eigenvalue weighted by Gasteiger charge is -2.09. The molecule has 2 aromatic carbocycles. The predicted octanol–water partition coefficient (Wildman–Crippen LogP) is 4.37. The Kier molecular flexibility index (Phi) is 3.78. The van der Waals surface area contributed by atoms with Gasteiger partial charge in [0.2, 0.25) is 5.88 Å². The van der Waals surface area contributed by atoms with E-state index in [1.807, 2.05) is 61.5 Å². The van der Waals surface area contributed by atoms with Gasteiger partial charge in [-0.1, -0.05) is 24.3 Å². The third-order valence-corrected chi connectivity index (χ3v) is 2.84. The van der Waals surface area contributed by atoms with E-state index in [2.05, 4.69) is 9.97 Å². The van der Waals surface area contributed by atoms with Crippen molar-refractivity contribution < 1.29 is 9.47 Å². The Morgan fingerprint density at radius 1 is 0.714 bits per heavy atom. The first-order valence-corrected chi connectivity index (χ1v) is 6.60. The number of hydrogen-bond acceptors (Lipinski definition) is 4. The summed E-state index contributed by atoms with van der Waals surface area (Å²) in [6, 6.07) is 17.0. The molecule has 1 heterocycles. The van der Waals surface area contributed by atoms with Crippen molar-refractivity contribution in [2.45, 2.75) is 6.92 Å². The van der Waals surface area contributed by atoms with Gasteiger partial charge in [0.25, 0.3) is 0 Å². The van der Waals surface area contributed by atoms with Crippen molar-refractivity contribution in [2.24, 2.45) is 0 Å². The molecule has 4 heteroatoms. The van der Waals surface area contributed by atoms with Crippen LogP contribution in [0.25, 0.3) is 0 Å². The minimum Gasteiger partial charge on any atom is -0.457 e. The first-order valence-electron chi connectivity index (χ1n) is 6.60. The molecule has 0 atom stereocenters. The number of benzene rings is 2. The van der Waals surface area contributed by atoms with Crippen LogP contribution in [-0.4, -0.2) is 9.97 Å². The van der Waals surface area contributed by atoms with Crippen LogP contribution in [0.5, 0.6) is 23.1 Å². The fourth-order valence-corrected chi connectivity index (χ4v) is 1.83. The summed E-state index contributed by atoms with van der Waals surface area (Å²) in [6.45, 7) is 1.85. The second-order valence-corrected chi connectivity index (χ2v) is 4.44. The van der Waals surface area contributed by atoms with Crippen molar-refractivity contribution in [3.63, 3.8) is 0 Å². The van der Waals surface area contributed by atoms with Crippen LogP contribution in [0.2, 0.25) is 0 Å². The zero-order valence-electron chi connectivity index (χ0n) is 11.6. The summed E-state index contributed by atoms with van der Waals surface area (Å²) in [6.07, 6.45) is 3.24. The molecule has 0 saturated heterocycles. The molecule has 3 rings (SSSR count). The Hall–Kier alpha value is -2.88. The summed E-state index contributed by atoms with van der Waals surface area (Å²) >= 11 is 0. The lowest BCUT2D eigenvalue weighted by Crippen LogP contribution is -1.93. The Morgan fingerprint density at radius 3 is 2.14 bits per heavy atom.